The Morgan fingerprint density at radius 2 is 1.92 bits per heavy atom. The lowest BCUT2D eigenvalue weighted by molar-refractivity contribution is 0.502. The van der Waals surface area contributed by atoms with Crippen LogP contribution < -0.4 is 0 Å². The minimum atomic E-state index is -0.861. The fourth-order valence-corrected chi connectivity index (χ4v) is 6.85. The van der Waals surface area contributed by atoms with Gasteiger partial charge in [-0.25, -0.2) is 4.99 Å². The molecule has 1 aromatic rings. The van der Waals surface area contributed by atoms with Crippen LogP contribution in [-0.2, 0) is 11.8 Å². The number of aryl methyl sites for hydroxylation is 1. The summed E-state index contributed by atoms with van der Waals surface area (Å²) in [7, 11) is 3.03. The molecule has 5 heteroatoms. The van der Waals surface area contributed by atoms with Crippen LogP contribution in [0.25, 0.3) is 0 Å². The number of thiophene rings is 1. The first-order valence-corrected chi connectivity index (χ1v) is 12.4. The fraction of sp³-hybridized carbons (Fsp3) is 0.619. The molecule has 2 rings (SSSR count). The Morgan fingerprint density at radius 1 is 1.27 bits per heavy atom. The van der Waals surface area contributed by atoms with Gasteiger partial charge in [0.15, 0.2) is 0 Å². The molecular formula is C21H31N3S2. The molecule has 0 aromatic carbocycles. The maximum absolute atomic E-state index is 9.85. The molecule has 1 heterocycles. The number of hydrogen-bond donors (Lipinski definition) is 0. The molecule has 0 fully saturated rings. The summed E-state index contributed by atoms with van der Waals surface area (Å²) in [6, 6.07) is 2.44. The predicted octanol–water partition coefficient (Wildman–Crippen LogP) is 5.26. The second kappa shape index (κ2) is 8.51. The zero-order chi connectivity index (χ0) is 19.4. The molecular weight excluding hydrogens is 358 g/mol. The molecule has 0 saturated carbocycles. The third-order valence-electron chi connectivity index (χ3n) is 5.31. The van der Waals surface area contributed by atoms with E-state index in [0.29, 0.717) is 0 Å². The summed E-state index contributed by atoms with van der Waals surface area (Å²) in [5.74, 6) is 7.15. The van der Waals surface area contributed by atoms with Crippen molar-refractivity contribution in [3.63, 3.8) is 0 Å². The van der Waals surface area contributed by atoms with Gasteiger partial charge in [0.1, 0.15) is 11.1 Å². The van der Waals surface area contributed by atoms with Crippen LogP contribution in [-0.4, -0.2) is 42.6 Å². The highest BCUT2D eigenvalue weighted by Crippen LogP contribution is 2.49. The second-order valence-electron chi connectivity index (χ2n) is 7.22. The number of aliphatic imine (C=N–C) groups is 1. The van der Waals surface area contributed by atoms with Crippen molar-refractivity contribution in [3.8, 4) is 17.2 Å². The monoisotopic (exact) mass is 389 g/mol. The third kappa shape index (κ3) is 4.11. The maximum atomic E-state index is 9.85. The van der Waals surface area contributed by atoms with Crippen LogP contribution in [0.3, 0.4) is 0 Å². The van der Waals surface area contributed by atoms with Crippen molar-refractivity contribution in [2.45, 2.75) is 52.4 Å². The lowest BCUT2D eigenvalue weighted by atomic mass is 9.73. The average Bonchev–Trinajstić information content (AvgIpc) is 3.01. The summed E-state index contributed by atoms with van der Waals surface area (Å²) < 4.78 is 0. The minimum Gasteiger partial charge on any atom is -0.369 e. The van der Waals surface area contributed by atoms with Crippen molar-refractivity contribution in [2.75, 3.05) is 31.4 Å². The van der Waals surface area contributed by atoms with E-state index in [1.165, 1.54) is 4.88 Å². The van der Waals surface area contributed by atoms with Crippen LogP contribution in [0.1, 0.15) is 56.5 Å². The van der Waals surface area contributed by atoms with Gasteiger partial charge in [0.2, 0.25) is 0 Å². The Kier molecular flexibility index (Phi) is 6.83. The summed E-state index contributed by atoms with van der Waals surface area (Å²) in [4.78, 5) is 7.77. The highest BCUT2D eigenvalue weighted by Gasteiger charge is 2.36. The van der Waals surface area contributed by atoms with E-state index >= 15 is 0 Å². The minimum absolute atomic E-state index is 0.223. The van der Waals surface area contributed by atoms with Gasteiger partial charge in [0.25, 0.3) is 0 Å². The van der Waals surface area contributed by atoms with Crippen molar-refractivity contribution >= 4 is 32.7 Å². The molecule has 1 atom stereocenters. The molecule has 0 radical (unpaired) electrons. The molecule has 1 aliphatic carbocycles. The Hall–Kier alpha value is -1.43. The van der Waals surface area contributed by atoms with Gasteiger partial charge < -0.3 is 4.90 Å². The number of nitrogens with zero attached hydrogens (tertiary/aromatic N) is 3. The summed E-state index contributed by atoms with van der Waals surface area (Å²) in [5.41, 5.74) is 1.68. The smallest absolute Gasteiger partial charge is 0.136 e. The lowest BCUT2D eigenvalue weighted by Gasteiger charge is -2.33. The molecule has 0 bridgehead atoms. The first-order valence-electron chi connectivity index (χ1n) is 9.41. The fourth-order valence-electron chi connectivity index (χ4n) is 3.49. The molecule has 0 spiro atoms. The van der Waals surface area contributed by atoms with Crippen LogP contribution in [0.15, 0.2) is 4.99 Å². The van der Waals surface area contributed by atoms with Crippen LogP contribution in [0, 0.1) is 22.5 Å². The normalized spacial score (nSPS) is 20.2. The van der Waals surface area contributed by atoms with E-state index in [9.17, 15) is 5.26 Å². The number of fused-ring (bicyclic) bond motifs is 1. The Balaban J connectivity index is 2.56. The van der Waals surface area contributed by atoms with Gasteiger partial charge in [-0.1, -0.05) is 31.9 Å². The number of nitriles is 1. The highest BCUT2D eigenvalue weighted by atomic mass is 32.3. The van der Waals surface area contributed by atoms with Crippen LogP contribution in [0.4, 0.5) is 5.00 Å². The van der Waals surface area contributed by atoms with Gasteiger partial charge in [0, 0.05) is 24.5 Å². The summed E-state index contributed by atoms with van der Waals surface area (Å²) in [6.07, 6.45) is 4.98. The summed E-state index contributed by atoms with van der Waals surface area (Å²) in [5, 5.41) is 14.4. The van der Waals surface area contributed by atoms with Gasteiger partial charge in [-0.3, -0.25) is 0 Å². The van der Waals surface area contributed by atoms with Crippen LogP contribution >= 0.6 is 21.4 Å². The standard InChI is InChI=1S/C21H31N3S2/c1-7-26(8-2,9-3)14-13-21(4)12-10-11-18-19(21)17(15-22)20(25-18)23-16-24(5)6/h16H,7-12H2,1-6H3/t21-/m1/s1. The van der Waals surface area contributed by atoms with Crippen molar-refractivity contribution in [1.29, 1.82) is 5.26 Å². The summed E-state index contributed by atoms with van der Waals surface area (Å²) >= 11 is 1.67. The van der Waals surface area contributed by atoms with Gasteiger partial charge >= 0.3 is 0 Å². The quantitative estimate of drug-likeness (QED) is 0.391. The zero-order valence-electron chi connectivity index (χ0n) is 17.0. The Morgan fingerprint density at radius 3 is 2.46 bits per heavy atom. The van der Waals surface area contributed by atoms with E-state index in [1.807, 2.05) is 19.0 Å². The molecule has 1 aromatic heterocycles. The second-order valence-corrected chi connectivity index (χ2v) is 12.3. The van der Waals surface area contributed by atoms with Crippen molar-refractivity contribution in [2.24, 2.45) is 4.99 Å². The van der Waals surface area contributed by atoms with Crippen molar-refractivity contribution < 1.29 is 0 Å². The zero-order valence-corrected chi connectivity index (χ0v) is 18.6. The van der Waals surface area contributed by atoms with Gasteiger partial charge in [-0.2, -0.15) is 15.3 Å². The van der Waals surface area contributed by atoms with Gasteiger partial charge in [-0.05, 0) is 43.4 Å². The van der Waals surface area contributed by atoms with E-state index in [4.69, 9.17) is 0 Å². The molecule has 142 valence electrons. The van der Waals surface area contributed by atoms with E-state index in [0.717, 1.165) is 52.6 Å². The SMILES string of the molecule is CCS(C#C[C@@]1(C)CCCc2sc(N=CN(C)C)c(C#N)c21)(CC)CC. The molecule has 26 heavy (non-hydrogen) atoms. The van der Waals surface area contributed by atoms with Crippen molar-refractivity contribution in [1.82, 2.24) is 4.90 Å². The molecule has 0 N–H and O–H groups in total. The first kappa shape index (κ1) is 20.9. The molecule has 1 aliphatic rings. The van der Waals surface area contributed by atoms with Gasteiger partial charge in [-0.15, -0.1) is 11.3 Å². The van der Waals surface area contributed by atoms with Crippen molar-refractivity contribution in [3.05, 3.63) is 16.0 Å². The molecule has 0 unspecified atom stereocenters. The average molecular weight is 390 g/mol. The highest BCUT2D eigenvalue weighted by molar-refractivity contribution is 8.37. The van der Waals surface area contributed by atoms with E-state index < -0.39 is 10.0 Å². The van der Waals surface area contributed by atoms with E-state index in [1.54, 1.807) is 17.7 Å². The Labute approximate surface area is 164 Å². The van der Waals surface area contributed by atoms with Crippen LogP contribution in [0.2, 0.25) is 0 Å². The Bertz CT molecular complexity index is 761. The largest absolute Gasteiger partial charge is 0.369 e. The maximum Gasteiger partial charge on any atom is 0.136 e. The molecule has 3 nitrogen and oxygen atoms in total. The predicted molar refractivity (Wildman–Crippen MR) is 118 cm³/mol. The summed E-state index contributed by atoms with van der Waals surface area (Å²) in [6.45, 7) is 9.04. The topological polar surface area (TPSA) is 39.4 Å². The molecule has 0 amide bonds. The van der Waals surface area contributed by atoms with E-state index in [-0.39, 0.29) is 5.41 Å². The molecule has 0 aliphatic heterocycles. The molecule has 0 saturated heterocycles. The van der Waals surface area contributed by atoms with Gasteiger partial charge in [0.05, 0.1) is 17.3 Å². The third-order valence-corrected chi connectivity index (χ3v) is 10.3. The number of hydrogen-bond acceptors (Lipinski definition) is 3. The van der Waals surface area contributed by atoms with E-state index in [2.05, 4.69) is 49.9 Å². The lowest BCUT2D eigenvalue weighted by Crippen LogP contribution is -2.26. The first-order chi connectivity index (χ1) is 12.3. The van der Waals surface area contributed by atoms with Crippen LogP contribution in [0.5, 0.6) is 0 Å². The number of rotatable bonds is 5.